The van der Waals surface area contributed by atoms with E-state index < -0.39 is 0 Å². The van der Waals surface area contributed by atoms with Crippen molar-refractivity contribution in [2.24, 2.45) is 5.92 Å². The van der Waals surface area contributed by atoms with Crippen LogP contribution >= 0.6 is 11.3 Å². The Morgan fingerprint density at radius 2 is 2.14 bits per heavy atom. The van der Waals surface area contributed by atoms with Crippen molar-refractivity contribution in [1.29, 1.82) is 0 Å². The highest BCUT2D eigenvalue weighted by atomic mass is 32.1. The van der Waals surface area contributed by atoms with Gasteiger partial charge in [0.2, 0.25) is 5.91 Å². The number of amides is 1. The second-order valence-corrected chi connectivity index (χ2v) is 8.19. The number of nitrogens with zero attached hydrogens (tertiary/aromatic N) is 5. The fraction of sp³-hybridized carbons (Fsp3) is 0.400. The number of carbonyl (C=O) groups excluding carboxylic acids is 1. The zero-order valence-corrected chi connectivity index (χ0v) is 16.9. The average molecular weight is 397 g/mol. The molecule has 0 spiro atoms. The lowest BCUT2D eigenvalue weighted by Gasteiger charge is -2.32. The van der Waals surface area contributed by atoms with Crippen molar-refractivity contribution < 1.29 is 4.79 Å². The maximum atomic E-state index is 12.6. The highest BCUT2D eigenvalue weighted by Crippen LogP contribution is 2.23. The van der Waals surface area contributed by atoms with Crippen molar-refractivity contribution in [2.45, 2.75) is 33.2 Å². The highest BCUT2D eigenvalue weighted by molar-refractivity contribution is 7.09. The lowest BCUT2D eigenvalue weighted by atomic mass is 9.97. The molecule has 3 aromatic heterocycles. The van der Waals surface area contributed by atoms with Crippen molar-refractivity contribution in [3.8, 4) is 5.82 Å². The molecular formula is C20H24N6OS. The third kappa shape index (κ3) is 4.06. The summed E-state index contributed by atoms with van der Waals surface area (Å²) >= 11 is 1.66. The van der Waals surface area contributed by atoms with E-state index in [4.69, 9.17) is 0 Å². The van der Waals surface area contributed by atoms with Gasteiger partial charge in [-0.15, -0.1) is 11.3 Å². The number of hydrogen-bond acceptors (Lipinski definition) is 6. The molecule has 28 heavy (non-hydrogen) atoms. The molecular weight excluding hydrogens is 372 g/mol. The van der Waals surface area contributed by atoms with Crippen LogP contribution < -0.4 is 10.2 Å². The smallest absolute Gasteiger partial charge is 0.225 e. The van der Waals surface area contributed by atoms with Gasteiger partial charge < -0.3 is 10.2 Å². The van der Waals surface area contributed by atoms with Gasteiger partial charge in [0, 0.05) is 29.7 Å². The predicted molar refractivity (Wildman–Crippen MR) is 110 cm³/mol. The monoisotopic (exact) mass is 396 g/mol. The molecule has 1 fully saturated rings. The molecule has 3 aromatic rings. The lowest BCUT2D eigenvalue weighted by molar-refractivity contribution is -0.125. The van der Waals surface area contributed by atoms with E-state index in [0.717, 1.165) is 42.4 Å². The van der Waals surface area contributed by atoms with Gasteiger partial charge in [-0.05, 0) is 44.2 Å². The molecule has 1 atom stereocenters. The van der Waals surface area contributed by atoms with Crippen LogP contribution in [0.3, 0.4) is 0 Å². The number of carbonyl (C=O) groups is 1. The summed E-state index contributed by atoms with van der Waals surface area (Å²) < 4.78 is 1.83. The number of piperidine rings is 1. The van der Waals surface area contributed by atoms with Gasteiger partial charge in [0.1, 0.15) is 12.1 Å². The topological polar surface area (TPSA) is 75.9 Å². The fourth-order valence-electron chi connectivity index (χ4n) is 3.62. The number of anilines is 1. The van der Waals surface area contributed by atoms with Gasteiger partial charge in [-0.3, -0.25) is 4.79 Å². The lowest BCUT2D eigenvalue weighted by Crippen LogP contribution is -2.43. The molecule has 0 bridgehead atoms. The molecule has 0 saturated carbocycles. The second kappa shape index (κ2) is 8.10. The summed E-state index contributed by atoms with van der Waals surface area (Å²) in [6.45, 7) is 6.14. The van der Waals surface area contributed by atoms with Crippen molar-refractivity contribution >= 4 is 23.1 Å². The van der Waals surface area contributed by atoms with Crippen LogP contribution in [0.2, 0.25) is 0 Å². The second-order valence-electron chi connectivity index (χ2n) is 7.16. The Hall–Kier alpha value is -2.74. The third-order valence-electron chi connectivity index (χ3n) is 5.00. The van der Waals surface area contributed by atoms with E-state index >= 15 is 0 Å². The first-order chi connectivity index (χ1) is 13.6. The Bertz CT molecular complexity index is 952. The maximum Gasteiger partial charge on any atom is 0.225 e. The van der Waals surface area contributed by atoms with Crippen LogP contribution in [0.15, 0.2) is 36.0 Å². The highest BCUT2D eigenvalue weighted by Gasteiger charge is 2.26. The van der Waals surface area contributed by atoms with Gasteiger partial charge in [-0.2, -0.15) is 5.10 Å². The van der Waals surface area contributed by atoms with Crippen molar-refractivity contribution in [2.75, 3.05) is 18.0 Å². The molecule has 1 saturated heterocycles. The Morgan fingerprint density at radius 1 is 1.29 bits per heavy atom. The van der Waals surface area contributed by atoms with E-state index in [0.29, 0.717) is 13.1 Å². The zero-order valence-electron chi connectivity index (χ0n) is 16.1. The van der Waals surface area contributed by atoms with Gasteiger partial charge in [-0.1, -0.05) is 6.07 Å². The predicted octanol–water partition coefficient (Wildman–Crippen LogP) is 2.87. The van der Waals surface area contributed by atoms with Crippen LogP contribution in [0.4, 0.5) is 5.82 Å². The van der Waals surface area contributed by atoms with Gasteiger partial charge >= 0.3 is 0 Å². The molecule has 1 amide bonds. The normalized spacial score (nSPS) is 16.9. The van der Waals surface area contributed by atoms with Gasteiger partial charge in [-0.25, -0.2) is 14.6 Å². The minimum atomic E-state index is -0.0270. The van der Waals surface area contributed by atoms with Crippen LogP contribution in [0.1, 0.15) is 29.1 Å². The quantitative estimate of drug-likeness (QED) is 0.718. The van der Waals surface area contributed by atoms with E-state index in [-0.39, 0.29) is 11.8 Å². The summed E-state index contributed by atoms with van der Waals surface area (Å²) in [6, 6.07) is 8.02. The number of aromatic nitrogens is 4. The summed E-state index contributed by atoms with van der Waals surface area (Å²) in [6.07, 6.45) is 3.44. The van der Waals surface area contributed by atoms with Crippen molar-refractivity contribution in [3.05, 3.63) is 52.2 Å². The zero-order chi connectivity index (χ0) is 19.5. The van der Waals surface area contributed by atoms with E-state index in [1.165, 1.54) is 4.88 Å². The Labute approximate surface area is 168 Å². The molecule has 4 rings (SSSR count). The molecule has 7 nitrogen and oxygen atoms in total. The molecule has 146 valence electrons. The van der Waals surface area contributed by atoms with Crippen LogP contribution in [0, 0.1) is 19.8 Å². The van der Waals surface area contributed by atoms with E-state index in [1.54, 1.807) is 17.7 Å². The summed E-state index contributed by atoms with van der Waals surface area (Å²) in [7, 11) is 0. The number of aryl methyl sites for hydroxylation is 2. The summed E-state index contributed by atoms with van der Waals surface area (Å²) in [5.41, 5.74) is 1.99. The Kier molecular flexibility index (Phi) is 5.38. The number of thiophene rings is 1. The van der Waals surface area contributed by atoms with Crippen LogP contribution in [0.5, 0.6) is 0 Å². The van der Waals surface area contributed by atoms with Crippen molar-refractivity contribution in [1.82, 2.24) is 25.1 Å². The van der Waals surface area contributed by atoms with Crippen LogP contribution in [-0.4, -0.2) is 38.7 Å². The van der Waals surface area contributed by atoms with E-state index in [9.17, 15) is 4.79 Å². The molecule has 1 aliphatic rings. The first-order valence-electron chi connectivity index (χ1n) is 9.51. The minimum absolute atomic E-state index is 0.0270. The Morgan fingerprint density at radius 3 is 2.89 bits per heavy atom. The number of nitrogens with one attached hydrogen (secondary N) is 1. The summed E-state index contributed by atoms with van der Waals surface area (Å²) in [4.78, 5) is 24.8. The molecule has 4 heterocycles. The van der Waals surface area contributed by atoms with Gasteiger partial charge in [0.25, 0.3) is 0 Å². The SMILES string of the molecule is Cc1cc(C)n(-c2cc(N3CCC[C@@H](C(=O)NCc4cccs4)C3)ncn2)n1. The maximum absolute atomic E-state index is 12.6. The van der Waals surface area contributed by atoms with E-state index in [1.807, 2.05) is 48.2 Å². The Balaban J connectivity index is 1.45. The minimum Gasteiger partial charge on any atom is -0.356 e. The van der Waals surface area contributed by atoms with Crippen molar-refractivity contribution in [3.63, 3.8) is 0 Å². The number of hydrogen-bond donors (Lipinski definition) is 1. The molecule has 8 heteroatoms. The first kappa shape index (κ1) is 18.6. The molecule has 0 aromatic carbocycles. The summed E-state index contributed by atoms with van der Waals surface area (Å²) in [5, 5.41) is 9.60. The molecule has 0 radical (unpaired) electrons. The standard InChI is InChI=1S/C20H24N6OS/c1-14-9-15(2)26(24-14)19-10-18(22-13-23-19)25-7-3-5-16(12-25)20(27)21-11-17-6-4-8-28-17/h4,6,8-10,13,16H,3,5,7,11-12H2,1-2H3,(H,21,27)/t16-/m1/s1. The fourth-order valence-corrected chi connectivity index (χ4v) is 4.26. The largest absolute Gasteiger partial charge is 0.356 e. The molecule has 0 aliphatic carbocycles. The number of rotatable bonds is 5. The average Bonchev–Trinajstić information content (AvgIpc) is 3.35. The third-order valence-corrected chi connectivity index (χ3v) is 5.87. The molecule has 1 N–H and O–H groups in total. The van der Waals surface area contributed by atoms with Crippen LogP contribution in [0.25, 0.3) is 5.82 Å². The van der Waals surface area contributed by atoms with Gasteiger partial charge in [0.05, 0.1) is 18.2 Å². The molecule has 1 aliphatic heterocycles. The molecule has 0 unspecified atom stereocenters. The summed E-state index contributed by atoms with van der Waals surface area (Å²) in [5.74, 6) is 1.68. The van der Waals surface area contributed by atoms with E-state index in [2.05, 4.69) is 25.3 Å². The first-order valence-corrected chi connectivity index (χ1v) is 10.4. The van der Waals surface area contributed by atoms with Gasteiger partial charge in [0.15, 0.2) is 5.82 Å². The van der Waals surface area contributed by atoms with Crippen LogP contribution in [-0.2, 0) is 11.3 Å².